The number of nitrogens with zero attached hydrogens (tertiary/aromatic N) is 1. The summed E-state index contributed by atoms with van der Waals surface area (Å²) < 4.78 is 41.2. The summed E-state index contributed by atoms with van der Waals surface area (Å²) in [6.45, 7) is 4.54. The van der Waals surface area contributed by atoms with Gasteiger partial charge in [-0.25, -0.2) is 18.2 Å². The Hall–Kier alpha value is -1.78. The fraction of sp³-hybridized carbons (Fsp3) is 0.400. The van der Waals surface area contributed by atoms with Crippen molar-refractivity contribution in [3.05, 3.63) is 35.3 Å². The van der Waals surface area contributed by atoms with Gasteiger partial charge in [-0.2, -0.15) is 0 Å². The molecular formula is C15H17F3N2. The number of hydrogen-bond acceptors (Lipinski definition) is 2. The second-order valence-corrected chi connectivity index (χ2v) is 4.72. The van der Waals surface area contributed by atoms with Crippen LogP contribution in [0.3, 0.4) is 0 Å². The largest absolute Gasteiger partial charge is 0.384 e. The van der Waals surface area contributed by atoms with Crippen LogP contribution in [0.1, 0.15) is 32.4 Å². The molecule has 0 spiro atoms. The molecule has 2 aromatic rings. The molecule has 2 rings (SSSR count). The number of benzene rings is 1. The van der Waals surface area contributed by atoms with Gasteiger partial charge in [0, 0.05) is 24.0 Å². The summed E-state index contributed by atoms with van der Waals surface area (Å²) >= 11 is 0. The van der Waals surface area contributed by atoms with Crippen molar-refractivity contribution in [3.8, 4) is 0 Å². The lowest BCUT2D eigenvalue weighted by Crippen LogP contribution is -2.05. The first-order chi connectivity index (χ1) is 9.58. The molecule has 1 aromatic carbocycles. The summed E-state index contributed by atoms with van der Waals surface area (Å²) in [5, 5.41) is 2.90. The molecule has 0 unspecified atom stereocenters. The normalized spacial score (nSPS) is 11.1. The molecule has 1 N–H and O–H groups in total. The zero-order valence-electron chi connectivity index (χ0n) is 11.6. The van der Waals surface area contributed by atoms with Gasteiger partial charge in [0.25, 0.3) is 0 Å². The number of aromatic nitrogens is 1. The first kappa shape index (κ1) is 14.6. The van der Waals surface area contributed by atoms with Crippen LogP contribution in [0.5, 0.6) is 0 Å². The van der Waals surface area contributed by atoms with E-state index in [1.54, 1.807) is 6.07 Å². The van der Waals surface area contributed by atoms with Gasteiger partial charge in [0.05, 0.1) is 5.39 Å². The summed E-state index contributed by atoms with van der Waals surface area (Å²) in [5.74, 6) is -3.09. The minimum atomic E-state index is -1.19. The molecule has 5 heteroatoms. The highest BCUT2D eigenvalue weighted by Gasteiger charge is 2.18. The van der Waals surface area contributed by atoms with Crippen molar-refractivity contribution in [2.75, 3.05) is 11.9 Å². The minimum absolute atomic E-state index is 0.115. The molecule has 0 aliphatic heterocycles. The van der Waals surface area contributed by atoms with Gasteiger partial charge in [0.2, 0.25) is 0 Å². The number of hydrogen-bond donors (Lipinski definition) is 1. The summed E-state index contributed by atoms with van der Waals surface area (Å²) in [5.41, 5.74) is 0.952. The highest BCUT2D eigenvalue weighted by atomic mass is 19.2. The first-order valence-corrected chi connectivity index (χ1v) is 6.79. The van der Waals surface area contributed by atoms with Crippen molar-refractivity contribution in [1.29, 1.82) is 0 Å². The third-order valence-corrected chi connectivity index (χ3v) is 3.05. The lowest BCUT2D eigenvalue weighted by molar-refractivity contribution is 0.505. The van der Waals surface area contributed by atoms with E-state index < -0.39 is 17.5 Å². The van der Waals surface area contributed by atoms with Crippen LogP contribution in [-0.4, -0.2) is 11.5 Å². The van der Waals surface area contributed by atoms with Crippen LogP contribution in [0.15, 0.2) is 12.1 Å². The van der Waals surface area contributed by atoms with Crippen LogP contribution in [0.2, 0.25) is 0 Å². The van der Waals surface area contributed by atoms with Gasteiger partial charge in [-0.15, -0.1) is 0 Å². The molecule has 0 radical (unpaired) electrons. The molecule has 0 aliphatic carbocycles. The number of pyridine rings is 1. The molecule has 0 amide bonds. The van der Waals surface area contributed by atoms with Crippen LogP contribution in [0, 0.1) is 17.5 Å². The van der Waals surface area contributed by atoms with E-state index in [2.05, 4.69) is 10.3 Å². The smallest absolute Gasteiger partial charge is 0.170 e. The highest BCUT2D eigenvalue weighted by Crippen LogP contribution is 2.30. The fourth-order valence-corrected chi connectivity index (χ4v) is 2.14. The summed E-state index contributed by atoms with van der Waals surface area (Å²) in [7, 11) is 0. The summed E-state index contributed by atoms with van der Waals surface area (Å²) in [4.78, 5) is 4.11. The van der Waals surface area contributed by atoms with E-state index in [4.69, 9.17) is 0 Å². The van der Waals surface area contributed by atoms with Gasteiger partial charge in [-0.05, 0) is 18.9 Å². The van der Waals surface area contributed by atoms with Crippen molar-refractivity contribution in [2.45, 2.75) is 33.1 Å². The Balaban J connectivity index is 2.70. The first-order valence-electron chi connectivity index (χ1n) is 6.79. The number of nitrogens with one attached hydrogen (secondary N) is 1. The Labute approximate surface area is 116 Å². The average molecular weight is 282 g/mol. The maximum Gasteiger partial charge on any atom is 0.170 e. The van der Waals surface area contributed by atoms with Crippen LogP contribution < -0.4 is 5.32 Å². The van der Waals surface area contributed by atoms with Crippen molar-refractivity contribution in [3.63, 3.8) is 0 Å². The number of rotatable bonds is 5. The molecule has 1 heterocycles. The van der Waals surface area contributed by atoms with Crippen LogP contribution in [0.25, 0.3) is 10.9 Å². The van der Waals surface area contributed by atoms with Gasteiger partial charge < -0.3 is 5.32 Å². The van der Waals surface area contributed by atoms with Gasteiger partial charge in [-0.3, -0.25) is 0 Å². The average Bonchev–Trinajstić information content (AvgIpc) is 2.42. The van der Waals surface area contributed by atoms with Crippen LogP contribution in [0.4, 0.5) is 18.9 Å². The van der Waals surface area contributed by atoms with E-state index in [0.717, 1.165) is 12.8 Å². The number of anilines is 1. The third kappa shape index (κ3) is 2.71. The molecule has 0 saturated heterocycles. The van der Waals surface area contributed by atoms with E-state index in [-0.39, 0.29) is 10.9 Å². The second-order valence-electron chi connectivity index (χ2n) is 4.72. The Kier molecular flexibility index (Phi) is 4.47. The van der Waals surface area contributed by atoms with E-state index in [1.807, 2.05) is 13.8 Å². The maximum atomic E-state index is 14.0. The molecule has 1 aromatic heterocycles. The molecular weight excluding hydrogens is 265 g/mol. The van der Waals surface area contributed by atoms with Gasteiger partial charge in [0.15, 0.2) is 17.5 Å². The SMILES string of the molecule is CCCNc1cc(CCC)nc2c(F)cc(F)c(F)c12. The standard InChI is InChI=1S/C15H17F3N2/c1-3-5-9-7-12(19-6-4-2)13-14(18)10(16)8-11(17)15(13)20-9/h7-8H,3-6H2,1-2H3,(H,19,20). The Morgan fingerprint density at radius 2 is 1.80 bits per heavy atom. The molecule has 0 bridgehead atoms. The van der Waals surface area contributed by atoms with E-state index in [1.165, 1.54) is 0 Å². The Morgan fingerprint density at radius 3 is 2.45 bits per heavy atom. The lowest BCUT2D eigenvalue weighted by Gasteiger charge is -2.12. The van der Waals surface area contributed by atoms with Gasteiger partial charge in [0.1, 0.15) is 5.52 Å². The monoisotopic (exact) mass is 282 g/mol. The number of halogens is 3. The quantitative estimate of drug-likeness (QED) is 0.821. The summed E-state index contributed by atoms with van der Waals surface area (Å²) in [6, 6.07) is 2.22. The molecule has 0 aliphatic rings. The molecule has 0 fully saturated rings. The number of aryl methyl sites for hydroxylation is 1. The van der Waals surface area contributed by atoms with Gasteiger partial charge >= 0.3 is 0 Å². The van der Waals surface area contributed by atoms with Crippen molar-refractivity contribution < 1.29 is 13.2 Å². The predicted octanol–water partition coefficient (Wildman–Crippen LogP) is 4.43. The summed E-state index contributed by atoms with van der Waals surface area (Å²) in [6.07, 6.45) is 2.33. The predicted molar refractivity (Wildman–Crippen MR) is 74.4 cm³/mol. The van der Waals surface area contributed by atoms with Crippen molar-refractivity contribution in [2.24, 2.45) is 0 Å². The maximum absolute atomic E-state index is 14.0. The Morgan fingerprint density at radius 1 is 1.05 bits per heavy atom. The van der Waals surface area contributed by atoms with E-state index in [9.17, 15) is 13.2 Å². The fourth-order valence-electron chi connectivity index (χ4n) is 2.14. The zero-order valence-corrected chi connectivity index (χ0v) is 11.6. The second kappa shape index (κ2) is 6.11. The molecule has 2 nitrogen and oxygen atoms in total. The van der Waals surface area contributed by atoms with Crippen molar-refractivity contribution in [1.82, 2.24) is 4.98 Å². The van der Waals surface area contributed by atoms with Crippen LogP contribution in [-0.2, 0) is 6.42 Å². The highest BCUT2D eigenvalue weighted by molar-refractivity contribution is 5.92. The van der Waals surface area contributed by atoms with Crippen molar-refractivity contribution >= 4 is 16.6 Å². The third-order valence-electron chi connectivity index (χ3n) is 3.05. The zero-order chi connectivity index (χ0) is 14.7. The molecule has 20 heavy (non-hydrogen) atoms. The molecule has 108 valence electrons. The van der Waals surface area contributed by atoms with E-state index >= 15 is 0 Å². The van der Waals surface area contributed by atoms with Crippen LogP contribution >= 0.6 is 0 Å². The van der Waals surface area contributed by atoms with Gasteiger partial charge in [-0.1, -0.05) is 20.3 Å². The number of fused-ring (bicyclic) bond motifs is 1. The van der Waals surface area contributed by atoms with E-state index in [0.29, 0.717) is 30.4 Å². The minimum Gasteiger partial charge on any atom is -0.384 e. The Bertz CT molecular complexity index is 626. The lowest BCUT2D eigenvalue weighted by atomic mass is 10.1. The molecule has 0 saturated carbocycles. The topological polar surface area (TPSA) is 24.9 Å². The molecule has 0 atom stereocenters.